The van der Waals surface area contributed by atoms with E-state index in [9.17, 15) is 0 Å². The van der Waals surface area contributed by atoms with Crippen molar-refractivity contribution in [3.8, 4) is 39.8 Å². The van der Waals surface area contributed by atoms with E-state index in [0.717, 1.165) is 33.3 Å². The molecule has 0 saturated heterocycles. The summed E-state index contributed by atoms with van der Waals surface area (Å²) in [6.45, 7) is 2.07. The molecule has 0 fully saturated rings. The highest BCUT2D eigenvalue weighted by atomic mass is 32.2. The summed E-state index contributed by atoms with van der Waals surface area (Å²) in [5, 5.41) is 5.45. The third kappa shape index (κ3) is 4.10. The molecule has 5 rings (SSSR count). The first-order valence-corrected chi connectivity index (χ1v) is 12.0. The summed E-state index contributed by atoms with van der Waals surface area (Å²) in [6.07, 6.45) is 5.86. The Bertz CT molecular complexity index is 1460. The SMILES string of the molecule is COc1cc2nc(-n3cc(-c4ccc(SC)cc4)cn3)nc(-c3ccc(C)cc3)c2cc1OC. The molecule has 7 heteroatoms. The van der Waals surface area contributed by atoms with Crippen LogP contribution in [0.1, 0.15) is 5.56 Å². The zero-order chi connectivity index (χ0) is 23.7. The van der Waals surface area contributed by atoms with Crippen molar-refractivity contribution in [2.45, 2.75) is 11.8 Å². The Morgan fingerprint density at radius 1 is 0.794 bits per heavy atom. The van der Waals surface area contributed by atoms with Crippen molar-refractivity contribution in [2.75, 3.05) is 20.5 Å². The van der Waals surface area contributed by atoms with E-state index in [1.165, 1.54) is 10.5 Å². The first-order chi connectivity index (χ1) is 16.6. The van der Waals surface area contributed by atoms with Crippen LogP contribution in [0.25, 0.3) is 39.2 Å². The predicted octanol–water partition coefficient (Wildman–Crippen LogP) is 6.20. The fourth-order valence-corrected chi connectivity index (χ4v) is 4.25. The molecule has 0 aliphatic rings. The predicted molar refractivity (Wildman–Crippen MR) is 137 cm³/mol. The third-order valence-electron chi connectivity index (χ3n) is 5.73. The molecule has 0 spiro atoms. The van der Waals surface area contributed by atoms with Crippen molar-refractivity contribution < 1.29 is 9.47 Å². The van der Waals surface area contributed by atoms with Gasteiger partial charge >= 0.3 is 0 Å². The van der Waals surface area contributed by atoms with Crippen molar-refractivity contribution in [1.29, 1.82) is 0 Å². The summed E-state index contributed by atoms with van der Waals surface area (Å²) in [5.41, 5.74) is 5.83. The number of aromatic nitrogens is 4. The zero-order valence-electron chi connectivity index (χ0n) is 19.4. The normalized spacial score (nSPS) is 11.1. The Hall–Kier alpha value is -3.84. The molecular weight excluding hydrogens is 444 g/mol. The van der Waals surface area contributed by atoms with Crippen LogP contribution < -0.4 is 9.47 Å². The summed E-state index contributed by atoms with van der Waals surface area (Å²) in [4.78, 5) is 11.0. The molecule has 6 nitrogen and oxygen atoms in total. The van der Waals surface area contributed by atoms with E-state index < -0.39 is 0 Å². The van der Waals surface area contributed by atoms with Crippen molar-refractivity contribution in [3.05, 3.63) is 78.6 Å². The van der Waals surface area contributed by atoms with Gasteiger partial charge in [0.25, 0.3) is 5.95 Å². The smallest absolute Gasteiger partial charge is 0.251 e. The van der Waals surface area contributed by atoms with E-state index >= 15 is 0 Å². The lowest BCUT2D eigenvalue weighted by Crippen LogP contribution is -2.04. The first-order valence-electron chi connectivity index (χ1n) is 10.8. The molecule has 170 valence electrons. The Labute approximate surface area is 202 Å². The van der Waals surface area contributed by atoms with E-state index in [2.05, 4.69) is 66.8 Å². The van der Waals surface area contributed by atoms with Crippen molar-refractivity contribution in [3.63, 3.8) is 0 Å². The second-order valence-electron chi connectivity index (χ2n) is 7.86. The maximum atomic E-state index is 5.54. The highest BCUT2D eigenvalue weighted by Crippen LogP contribution is 2.36. The van der Waals surface area contributed by atoms with E-state index in [1.807, 2.05) is 24.5 Å². The molecule has 0 aliphatic heterocycles. The number of rotatable bonds is 6. The number of hydrogen-bond acceptors (Lipinski definition) is 6. The van der Waals surface area contributed by atoms with Gasteiger partial charge in [-0.05, 0) is 36.9 Å². The number of aryl methyl sites for hydroxylation is 1. The summed E-state index contributed by atoms with van der Waals surface area (Å²) < 4.78 is 12.8. The lowest BCUT2D eigenvalue weighted by molar-refractivity contribution is 0.356. The van der Waals surface area contributed by atoms with Gasteiger partial charge in [-0.2, -0.15) is 5.10 Å². The van der Waals surface area contributed by atoms with Gasteiger partial charge in [-0.25, -0.2) is 14.6 Å². The second-order valence-corrected chi connectivity index (χ2v) is 8.74. The van der Waals surface area contributed by atoms with Crippen LogP contribution in [0.3, 0.4) is 0 Å². The largest absolute Gasteiger partial charge is 0.493 e. The van der Waals surface area contributed by atoms with Gasteiger partial charge in [0.2, 0.25) is 0 Å². The van der Waals surface area contributed by atoms with Gasteiger partial charge < -0.3 is 9.47 Å². The Balaban J connectivity index is 1.67. The summed E-state index contributed by atoms with van der Waals surface area (Å²) in [5.74, 6) is 1.74. The Kier molecular flexibility index (Phi) is 5.94. The molecular formula is C27H24N4O2S. The average molecular weight is 469 g/mol. The van der Waals surface area contributed by atoms with E-state index in [-0.39, 0.29) is 0 Å². The minimum atomic E-state index is 0.488. The highest BCUT2D eigenvalue weighted by Gasteiger charge is 2.16. The molecule has 0 atom stereocenters. The molecule has 2 heterocycles. The summed E-state index contributed by atoms with van der Waals surface area (Å²) in [7, 11) is 3.25. The third-order valence-corrected chi connectivity index (χ3v) is 6.47. The first kappa shape index (κ1) is 22.0. The van der Waals surface area contributed by atoms with Crippen molar-refractivity contribution in [2.24, 2.45) is 0 Å². The molecule has 0 aliphatic carbocycles. The van der Waals surface area contributed by atoms with Gasteiger partial charge in [-0.3, -0.25) is 0 Å². The van der Waals surface area contributed by atoms with Crippen LogP contribution in [0.2, 0.25) is 0 Å². The fourth-order valence-electron chi connectivity index (χ4n) is 3.84. The molecule has 3 aromatic carbocycles. The van der Waals surface area contributed by atoms with Crippen LogP contribution in [-0.2, 0) is 0 Å². The second kappa shape index (κ2) is 9.19. The van der Waals surface area contributed by atoms with Gasteiger partial charge in [0.1, 0.15) is 0 Å². The van der Waals surface area contributed by atoms with Gasteiger partial charge in [-0.1, -0.05) is 42.0 Å². The number of nitrogens with zero attached hydrogens (tertiary/aromatic N) is 4. The number of methoxy groups -OCH3 is 2. The quantitative estimate of drug-likeness (QED) is 0.277. The molecule has 0 saturated carbocycles. The molecule has 0 N–H and O–H groups in total. The monoisotopic (exact) mass is 468 g/mol. The molecule has 0 radical (unpaired) electrons. The van der Waals surface area contributed by atoms with Crippen molar-refractivity contribution in [1.82, 2.24) is 19.7 Å². The van der Waals surface area contributed by atoms with E-state index in [4.69, 9.17) is 19.4 Å². The molecule has 0 amide bonds. The van der Waals surface area contributed by atoms with Crippen LogP contribution in [0, 0.1) is 6.92 Å². The highest BCUT2D eigenvalue weighted by molar-refractivity contribution is 7.98. The molecule has 34 heavy (non-hydrogen) atoms. The zero-order valence-corrected chi connectivity index (χ0v) is 20.3. The van der Waals surface area contributed by atoms with Crippen LogP contribution in [0.15, 0.2) is 78.0 Å². The standard InChI is InChI=1S/C27H24N4O2S/c1-17-5-7-19(8-6-17)26-22-13-24(32-2)25(33-3)14-23(22)29-27(30-26)31-16-20(15-28-31)18-9-11-21(34-4)12-10-18/h5-16H,1-4H3. The topological polar surface area (TPSA) is 62.1 Å². The summed E-state index contributed by atoms with van der Waals surface area (Å²) in [6, 6.07) is 20.5. The molecule has 0 unspecified atom stereocenters. The van der Waals surface area contributed by atoms with Gasteiger partial charge in [0.05, 0.1) is 31.6 Å². The Morgan fingerprint density at radius 3 is 2.15 bits per heavy atom. The van der Waals surface area contributed by atoms with Crippen molar-refractivity contribution >= 4 is 22.7 Å². The number of fused-ring (bicyclic) bond motifs is 1. The summed E-state index contributed by atoms with van der Waals surface area (Å²) >= 11 is 1.72. The maximum Gasteiger partial charge on any atom is 0.251 e. The number of hydrogen-bond donors (Lipinski definition) is 0. The minimum absolute atomic E-state index is 0.488. The van der Waals surface area contributed by atoms with Gasteiger partial charge in [0, 0.05) is 33.7 Å². The number of ether oxygens (including phenoxy) is 2. The lowest BCUT2D eigenvalue weighted by Gasteiger charge is -2.13. The van der Waals surface area contributed by atoms with Crippen LogP contribution in [0.5, 0.6) is 11.5 Å². The molecule has 5 aromatic rings. The maximum absolute atomic E-state index is 5.54. The van der Waals surface area contributed by atoms with Crippen LogP contribution >= 0.6 is 11.8 Å². The van der Waals surface area contributed by atoms with Crippen LogP contribution in [-0.4, -0.2) is 40.2 Å². The van der Waals surface area contributed by atoms with Crippen LogP contribution in [0.4, 0.5) is 0 Å². The number of benzene rings is 3. The van der Waals surface area contributed by atoms with Gasteiger partial charge in [-0.15, -0.1) is 11.8 Å². The molecule has 2 aromatic heterocycles. The van der Waals surface area contributed by atoms with E-state index in [0.29, 0.717) is 17.4 Å². The fraction of sp³-hybridized carbons (Fsp3) is 0.148. The minimum Gasteiger partial charge on any atom is -0.493 e. The Morgan fingerprint density at radius 2 is 1.47 bits per heavy atom. The van der Waals surface area contributed by atoms with Gasteiger partial charge in [0.15, 0.2) is 11.5 Å². The molecule has 0 bridgehead atoms. The average Bonchev–Trinajstić information content (AvgIpc) is 3.38. The lowest BCUT2D eigenvalue weighted by atomic mass is 10.0. The van der Waals surface area contributed by atoms with E-state index in [1.54, 1.807) is 30.7 Å². The number of thioether (sulfide) groups is 1.